The molecule has 1 aromatic heterocycles. The minimum Gasteiger partial charge on any atom is -0.374 e. The second-order valence-corrected chi connectivity index (χ2v) is 3.75. The Hall–Kier alpha value is -2.42. The van der Waals surface area contributed by atoms with E-state index >= 15 is 0 Å². The summed E-state index contributed by atoms with van der Waals surface area (Å²) < 4.78 is 0. The quantitative estimate of drug-likeness (QED) is 0.831. The minimum absolute atomic E-state index is 0.109. The van der Waals surface area contributed by atoms with Crippen LogP contribution >= 0.6 is 0 Å². The van der Waals surface area contributed by atoms with Gasteiger partial charge in [-0.3, -0.25) is 0 Å². The average molecular weight is 228 g/mol. The first-order valence-corrected chi connectivity index (χ1v) is 5.22. The van der Waals surface area contributed by atoms with Gasteiger partial charge >= 0.3 is 0 Å². The summed E-state index contributed by atoms with van der Waals surface area (Å²) >= 11 is 0. The third-order valence-corrected chi connectivity index (χ3v) is 2.50. The molecule has 17 heavy (non-hydrogen) atoms. The number of aromatic nitrogens is 4. The molecule has 0 saturated carbocycles. The Morgan fingerprint density at radius 3 is 2.94 bits per heavy atom. The van der Waals surface area contributed by atoms with E-state index in [0.29, 0.717) is 11.4 Å². The lowest BCUT2D eigenvalue weighted by Gasteiger charge is -2.15. The first-order valence-electron chi connectivity index (χ1n) is 5.22. The molecular weight excluding hydrogens is 216 g/mol. The van der Waals surface area contributed by atoms with Crippen molar-refractivity contribution in [2.45, 2.75) is 19.9 Å². The highest BCUT2D eigenvalue weighted by atomic mass is 15.5. The fourth-order valence-electron chi connectivity index (χ4n) is 1.59. The van der Waals surface area contributed by atoms with E-state index in [-0.39, 0.29) is 6.04 Å². The molecule has 0 spiro atoms. The van der Waals surface area contributed by atoms with E-state index in [0.717, 1.165) is 11.3 Å². The highest BCUT2D eigenvalue weighted by Gasteiger charge is 2.13. The molecule has 1 atom stereocenters. The second kappa shape index (κ2) is 4.61. The smallest absolute Gasteiger partial charge is 0.196 e. The molecule has 0 aliphatic rings. The highest BCUT2D eigenvalue weighted by Crippen LogP contribution is 2.23. The van der Waals surface area contributed by atoms with Gasteiger partial charge in [0.2, 0.25) is 0 Å². The number of hydrogen-bond donors (Lipinski definition) is 2. The Bertz CT molecular complexity index is 540. The van der Waals surface area contributed by atoms with E-state index in [1.807, 2.05) is 26.0 Å². The van der Waals surface area contributed by atoms with Crippen LogP contribution < -0.4 is 5.32 Å². The number of hydrogen-bond acceptors (Lipinski definition) is 5. The topological polar surface area (TPSA) is 90.3 Å². The zero-order valence-corrected chi connectivity index (χ0v) is 9.60. The van der Waals surface area contributed by atoms with E-state index in [9.17, 15) is 0 Å². The van der Waals surface area contributed by atoms with Gasteiger partial charge in [-0.25, -0.2) is 0 Å². The number of tetrazole rings is 1. The molecule has 0 amide bonds. The van der Waals surface area contributed by atoms with Crippen LogP contribution in [0, 0.1) is 18.3 Å². The van der Waals surface area contributed by atoms with E-state index in [4.69, 9.17) is 5.26 Å². The molecule has 0 fully saturated rings. The Morgan fingerprint density at radius 2 is 2.29 bits per heavy atom. The zero-order valence-electron chi connectivity index (χ0n) is 9.60. The van der Waals surface area contributed by atoms with Crippen molar-refractivity contribution < 1.29 is 0 Å². The maximum absolute atomic E-state index is 9.05. The van der Waals surface area contributed by atoms with Gasteiger partial charge in [-0.1, -0.05) is 17.3 Å². The Kier molecular flexibility index (Phi) is 3.01. The van der Waals surface area contributed by atoms with Gasteiger partial charge in [0.1, 0.15) is 6.07 Å². The van der Waals surface area contributed by atoms with Crippen LogP contribution in [0.3, 0.4) is 0 Å². The summed E-state index contributed by atoms with van der Waals surface area (Å²) in [4.78, 5) is 0. The molecule has 6 heteroatoms. The molecule has 0 aliphatic heterocycles. The Balaban J connectivity index is 2.28. The molecule has 2 rings (SSSR count). The van der Waals surface area contributed by atoms with Crippen molar-refractivity contribution in [3.05, 3.63) is 35.2 Å². The van der Waals surface area contributed by atoms with Gasteiger partial charge in [0, 0.05) is 0 Å². The molecule has 0 saturated heterocycles. The fourth-order valence-corrected chi connectivity index (χ4v) is 1.59. The number of benzene rings is 1. The van der Waals surface area contributed by atoms with Gasteiger partial charge in [0.25, 0.3) is 0 Å². The number of nitriles is 1. The molecule has 1 aromatic carbocycles. The number of anilines is 1. The van der Waals surface area contributed by atoms with Crippen LogP contribution in [0.15, 0.2) is 18.2 Å². The maximum atomic E-state index is 9.05. The molecule has 0 bridgehead atoms. The lowest BCUT2D eigenvalue weighted by Crippen LogP contribution is -2.10. The summed E-state index contributed by atoms with van der Waals surface area (Å²) in [6.45, 7) is 3.87. The monoisotopic (exact) mass is 228 g/mol. The summed E-state index contributed by atoms with van der Waals surface area (Å²) in [7, 11) is 0. The van der Waals surface area contributed by atoms with Crippen molar-refractivity contribution in [2.24, 2.45) is 0 Å². The van der Waals surface area contributed by atoms with E-state index < -0.39 is 0 Å². The predicted molar refractivity (Wildman–Crippen MR) is 62.1 cm³/mol. The van der Waals surface area contributed by atoms with Gasteiger partial charge in [-0.05, 0) is 25.5 Å². The largest absolute Gasteiger partial charge is 0.374 e. The first-order chi connectivity index (χ1) is 8.22. The van der Waals surface area contributed by atoms with Crippen molar-refractivity contribution in [1.82, 2.24) is 20.6 Å². The van der Waals surface area contributed by atoms with Crippen LogP contribution in [0.4, 0.5) is 5.69 Å². The maximum Gasteiger partial charge on any atom is 0.196 e. The van der Waals surface area contributed by atoms with Crippen molar-refractivity contribution in [3.63, 3.8) is 0 Å². The van der Waals surface area contributed by atoms with E-state index in [1.165, 1.54) is 0 Å². The van der Waals surface area contributed by atoms with Crippen molar-refractivity contribution in [3.8, 4) is 6.07 Å². The number of para-hydroxylation sites is 1. The second-order valence-electron chi connectivity index (χ2n) is 3.75. The molecule has 1 unspecified atom stereocenters. The SMILES string of the molecule is Cc1cccc(C#N)c1NC(C)c1nn[nH]n1. The van der Waals surface area contributed by atoms with Crippen molar-refractivity contribution in [2.75, 3.05) is 5.32 Å². The van der Waals surface area contributed by atoms with Gasteiger partial charge in [-0.15, -0.1) is 10.2 Å². The number of aryl methyl sites for hydroxylation is 1. The number of H-pyrrole nitrogens is 1. The lowest BCUT2D eigenvalue weighted by atomic mass is 10.1. The predicted octanol–water partition coefficient (Wildman–Crippen LogP) is 1.55. The zero-order chi connectivity index (χ0) is 12.3. The first kappa shape index (κ1) is 11.1. The van der Waals surface area contributed by atoms with Crippen molar-refractivity contribution in [1.29, 1.82) is 5.26 Å². The summed E-state index contributed by atoms with van der Waals surface area (Å²) in [5.41, 5.74) is 2.44. The van der Waals surface area contributed by atoms with Crippen LogP contribution in [0.1, 0.15) is 29.9 Å². The third kappa shape index (κ3) is 2.23. The summed E-state index contributed by atoms with van der Waals surface area (Å²) in [6, 6.07) is 7.64. The normalized spacial score (nSPS) is 11.8. The summed E-state index contributed by atoms with van der Waals surface area (Å²) in [5, 5.41) is 26.0. The van der Waals surface area contributed by atoms with Crippen molar-refractivity contribution >= 4 is 5.69 Å². The van der Waals surface area contributed by atoms with Gasteiger partial charge < -0.3 is 5.32 Å². The fraction of sp³-hybridized carbons (Fsp3) is 0.273. The van der Waals surface area contributed by atoms with Gasteiger partial charge in [0.05, 0.1) is 17.3 Å². The Morgan fingerprint density at radius 1 is 1.47 bits per heavy atom. The van der Waals surface area contributed by atoms with Gasteiger partial charge in [-0.2, -0.15) is 10.5 Å². The standard InChI is InChI=1S/C11H12N6/c1-7-4-3-5-9(6-12)10(7)13-8(2)11-14-16-17-15-11/h3-5,8,13H,1-2H3,(H,14,15,16,17). The number of aromatic amines is 1. The molecule has 1 heterocycles. The van der Waals surface area contributed by atoms with Crippen LogP contribution in [-0.4, -0.2) is 20.6 Å². The number of rotatable bonds is 3. The summed E-state index contributed by atoms with van der Waals surface area (Å²) in [5.74, 6) is 0.567. The van der Waals surface area contributed by atoms with Gasteiger partial charge in [0.15, 0.2) is 5.82 Å². The molecule has 0 aliphatic carbocycles. The summed E-state index contributed by atoms with van der Waals surface area (Å²) in [6.07, 6.45) is 0. The van der Waals surface area contributed by atoms with E-state index in [2.05, 4.69) is 32.0 Å². The van der Waals surface area contributed by atoms with Crippen LogP contribution in [0.2, 0.25) is 0 Å². The van der Waals surface area contributed by atoms with Crippen LogP contribution in [0.5, 0.6) is 0 Å². The number of nitrogens with zero attached hydrogens (tertiary/aromatic N) is 4. The molecule has 0 radical (unpaired) electrons. The highest BCUT2D eigenvalue weighted by molar-refractivity contribution is 5.62. The van der Waals surface area contributed by atoms with Crippen LogP contribution in [-0.2, 0) is 0 Å². The third-order valence-electron chi connectivity index (χ3n) is 2.50. The minimum atomic E-state index is -0.109. The van der Waals surface area contributed by atoms with Crippen LogP contribution in [0.25, 0.3) is 0 Å². The number of nitrogens with one attached hydrogen (secondary N) is 2. The Labute approximate surface area is 98.7 Å². The molecular formula is C11H12N6. The molecule has 2 aromatic rings. The van der Waals surface area contributed by atoms with E-state index in [1.54, 1.807) is 6.07 Å². The lowest BCUT2D eigenvalue weighted by molar-refractivity contribution is 0.792. The average Bonchev–Trinajstić information content (AvgIpc) is 2.85. The molecule has 2 N–H and O–H groups in total. The molecule has 6 nitrogen and oxygen atoms in total. The molecule has 86 valence electrons.